The number of benzene rings is 1. The number of carbonyl (C=O) groups is 1. The summed E-state index contributed by atoms with van der Waals surface area (Å²) in [6.45, 7) is 4.20. The van der Waals surface area contributed by atoms with Crippen LogP contribution in [-0.2, 0) is 11.3 Å². The molecule has 6 heteroatoms. The summed E-state index contributed by atoms with van der Waals surface area (Å²) in [4.78, 5) is 18.4. The third-order valence-corrected chi connectivity index (χ3v) is 4.06. The Morgan fingerprint density at radius 2 is 2.12 bits per heavy atom. The second-order valence-corrected chi connectivity index (χ2v) is 6.35. The van der Waals surface area contributed by atoms with Crippen molar-refractivity contribution in [3.05, 3.63) is 29.8 Å². The highest BCUT2D eigenvalue weighted by Crippen LogP contribution is 2.19. The predicted octanol–water partition coefficient (Wildman–Crippen LogP) is 2.15. The van der Waals surface area contributed by atoms with Gasteiger partial charge in [0.05, 0.1) is 7.11 Å². The van der Waals surface area contributed by atoms with Crippen molar-refractivity contribution in [1.29, 1.82) is 0 Å². The van der Waals surface area contributed by atoms with E-state index in [0.29, 0.717) is 25.6 Å². The van der Waals surface area contributed by atoms with Crippen molar-refractivity contribution in [3.8, 4) is 5.75 Å². The van der Waals surface area contributed by atoms with E-state index in [1.807, 2.05) is 25.2 Å². The van der Waals surface area contributed by atoms with Crippen molar-refractivity contribution >= 4 is 11.9 Å². The Hall–Kier alpha value is -2.24. The number of para-hydroxylation sites is 1. The zero-order valence-corrected chi connectivity index (χ0v) is 15.5. The second kappa shape index (κ2) is 9.91. The summed E-state index contributed by atoms with van der Waals surface area (Å²) in [5.41, 5.74) is 1.11. The monoisotopic (exact) mass is 346 g/mol. The predicted molar refractivity (Wildman–Crippen MR) is 101 cm³/mol. The molecular formula is C19H30N4O2. The largest absolute Gasteiger partial charge is 0.496 e. The number of nitrogens with one attached hydrogen (secondary N) is 2. The van der Waals surface area contributed by atoms with Gasteiger partial charge in [0.1, 0.15) is 5.75 Å². The minimum Gasteiger partial charge on any atom is -0.496 e. The van der Waals surface area contributed by atoms with Crippen molar-refractivity contribution in [3.63, 3.8) is 0 Å². The molecule has 1 aliphatic rings. The van der Waals surface area contributed by atoms with Gasteiger partial charge in [-0.2, -0.15) is 0 Å². The average molecular weight is 346 g/mol. The molecule has 0 unspecified atom stereocenters. The van der Waals surface area contributed by atoms with Crippen LogP contribution in [0.1, 0.15) is 38.2 Å². The van der Waals surface area contributed by atoms with Crippen LogP contribution in [0, 0.1) is 0 Å². The third-order valence-electron chi connectivity index (χ3n) is 4.06. The molecule has 6 nitrogen and oxygen atoms in total. The molecule has 1 amide bonds. The first kappa shape index (κ1) is 19.1. The van der Waals surface area contributed by atoms with Crippen LogP contribution in [0.5, 0.6) is 5.75 Å². The van der Waals surface area contributed by atoms with Crippen LogP contribution in [-0.4, -0.2) is 50.1 Å². The van der Waals surface area contributed by atoms with Gasteiger partial charge in [0.2, 0.25) is 5.91 Å². The summed E-state index contributed by atoms with van der Waals surface area (Å²) >= 11 is 0. The second-order valence-electron chi connectivity index (χ2n) is 6.35. The normalized spacial score (nSPS) is 14.1. The van der Waals surface area contributed by atoms with Crippen LogP contribution in [0.2, 0.25) is 0 Å². The Bertz CT molecular complexity index is 585. The van der Waals surface area contributed by atoms with Gasteiger partial charge in [-0.1, -0.05) is 18.2 Å². The first-order valence-corrected chi connectivity index (χ1v) is 9.04. The van der Waals surface area contributed by atoms with Crippen LogP contribution >= 0.6 is 0 Å². The summed E-state index contributed by atoms with van der Waals surface area (Å²) in [6, 6.07) is 8.43. The zero-order chi connectivity index (χ0) is 18.1. The minimum atomic E-state index is 0.144. The average Bonchev–Trinajstić information content (AvgIpc) is 3.42. The first-order valence-electron chi connectivity index (χ1n) is 9.04. The van der Waals surface area contributed by atoms with E-state index < -0.39 is 0 Å². The van der Waals surface area contributed by atoms with Gasteiger partial charge < -0.3 is 20.3 Å². The maximum absolute atomic E-state index is 11.7. The molecular weight excluding hydrogens is 316 g/mol. The molecule has 2 N–H and O–H groups in total. The van der Waals surface area contributed by atoms with Gasteiger partial charge in [-0.25, -0.2) is 0 Å². The lowest BCUT2D eigenvalue weighted by atomic mass is 10.2. The van der Waals surface area contributed by atoms with E-state index in [1.54, 1.807) is 7.11 Å². The molecule has 1 aromatic carbocycles. The number of amides is 1. The maximum atomic E-state index is 11.7. The number of rotatable bonds is 9. The number of carbonyl (C=O) groups excluding carboxylic acids is 1. The molecule has 0 aromatic heterocycles. The first-order chi connectivity index (χ1) is 12.1. The number of nitrogens with zero attached hydrogens (tertiary/aromatic N) is 2. The Labute approximate surface area is 150 Å². The van der Waals surface area contributed by atoms with Crippen LogP contribution in [0.4, 0.5) is 0 Å². The van der Waals surface area contributed by atoms with Gasteiger partial charge in [-0.05, 0) is 32.3 Å². The number of hydrogen-bond acceptors (Lipinski definition) is 3. The lowest BCUT2D eigenvalue weighted by Crippen LogP contribution is -2.38. The molecule has 0 radical (unpaired) electrons. The summed E-state index contributed by atoms with van der Waals surface area (Å²) < 4.78 is 5.42. The van der Waals surface area contributed by atoms with Crippen LogP contribution in [0.25, 0.3) is 0 Å². The van der Waals surface area contributed by atoms with Crippen LogP contribution in [0.3, 0.4) is 0 Å². The standard InChI is InChI=1S/C19H30N4O2/c1-4-20-19(21-13-7-10-18(24)22-16-11-12-16)23(2)14-15-8-5-6-9-17(15)25-3/h5-6,8-9,16H,4,7,10-14H2,1-3H3,(H,20,21)(H,22,24). The Kier molecular flexibility index (Phi) is 7.57. The molecule has 25 heavy (non-hydrogen) atoms. The quantitative estimate of drug-likeness (QED) is 0.408. The number of methoxy groups -OCH3 is 1. The number of aliphatic imine (C=N–C) groups is 1. The van der Waals surface area contributed by atoms with E-state index in [1.165, 1.54) is 0 Å². The molecule has 0 saturated heterocycles. The van der Waals surface area contributed by atoms with E-state index >= 15 is 0 Å². The Morgan fingerprint density at radius 3 is 2.80 bits per heavy atom. The number of guanidine groups is 1. The van der Waals surface area contributed by atoms with Gasteiger partial charge in [-0.3, -0.25) is 9.79 Å². The molecule has 1 saturated carbocycles. The molecule has 1 fully saturated rings. The minimum absolute atomic E-state index is 0.144. The summed E-state index contributed by atoms with van der Waals surface area (Å²) in [7, 11) is 3.69. The maximum Gasteiger partial charge on any atom is 0.220 e. The van der Waals surface area contributed by atoms with Gasteiger partial charge >= 0.3 is 0 Å². The highest BCUT2D eigenvalue weighted by atomic mass is 16.5. The molecule has 1 aliphatic carbocycles. The van der Waals surface area contributed by atoms with E-state index in [9.17, 15) is 4.79 Å². The van der Waals surface area contributed by atoms with Gasteiger partial charge in [0.15, 0.2) is 5.96 Å². The molecule has 0 bridgehead atoms. The van der Waals surface area contributed by atoms with E-state index in [0.717, 1.165) is 43.1 Å². The van der Waals surface area contributed by atoms with Crippen molar-refractivity contribution < 1.29 is 9.53 Å². The summed E-state index contributed by atoms with van der Waals surface area (Å²) in [5, 5.41) is 6.31. The molecule has 138 valence electrons. The Balaban J connectivity index is 1.85. The van der Waals surface area contributed by atoms with Crippen molar-refractivity contribution in [2.24, 2.45) is 4.99 Å². The molecule has 1 aromatic rings. The lowest BCUT2D eigenvalue weighted by Gasteiger charge is -2.23. The highest BCUT2D eigenvalue weighted by molar-refractivity contribution is 5.80. The fourth-order valence-electron chi connectivity index (χ4n) is 2.59. The van der Waals surface area contributed by atoms with Crippen molar-refractivity contribution in [2.75, 3.05) is 27.2 Å². The van der Waals surface area contributed by atoms with Crippen LogP contribution in [0.15, 0.2) is 29.3 Å². The fourth-order valence-corrected chi connectivity index (χ4v) is 2.59. The van der Waals surface area contributed by atoms with E-state index in [2.05, 4.69) is 33.5 Å². The third kappa shape index (κ3) is 6.64. The topological polar surface area (TPSA) is 66.0 Å². The molecule has 0 aliphatic heterocycles. The highest BCUT2D eigenvalue weighted by Gasteiger charge is 2.22. The summed E-state index contributed by atoms with van der Waals surface area (Å²) in [5.74, 6) is 1.86. The smallest absolute Gasteiger partial charge is 0.220 e. The number of hydrogen-bond donors (Lipinski definition) is 2. The van der Waals surface area contributed by atoms with Gasteiger partial charge in [-0.15, -0.1) is 0 Å². The fraction of sp³-hybridized carbons (Fsp3) is 0.579. The molecule has 2 rings (SSSR count). The molecule has 0 atom stereocenters. The Morgan fingerprint density at radius 1 is 1.36 bits per heavy atom. The lowest BCUT2D eigenvalue weighted by molar-refractivity contribution is -0.121. The summed E-state index contributed by atoms with van der Waals surface area (Å²) in [6.07, 6.45) is 3.55. The van der Waals surface area contributed by atoms with Crippen molar-refractivity contribution in [2.45, 2.75) is 45.2 Å². The van der Waals surface area contributed by atoms with E-state index in [-0.39, 0.29) is 5.91 Å². The SMILES string of the molecule is CCNC(=NCCCC(=O)NC1CC1)N(C)Cc1ccccc1OC. The van der Waals surface area contributed by atoms with Gasteiger partial charge in [0.25, 0.3) is 0 Å². The van der Waals surface area contributed by atoms with Gasteiger partial charge in [0, 0.05) is 44.7 Å². The van der Waals surface area contributed by atoms with E-state index in [4.69, 9.17) is 4.74 Å². The molecule has 0 spiro atoms. The molecule has 0 heterocycles. The number of ether oxygens (including phenoxy) is 1. The van der Waals surface area contributed by atoms with Crippen molar-refractivity contribution in [1.82, 2.24) is 15.5 Å². The zero-order valence-electron chi connectivity index (χ0n) is 15.5. The van der Waals surface area contributed by atoms with Crippen LogP contribution < -0.4 is 15.4 Å².